The molecular weight excluding hydrogens is 803 g/mol. The fourth-order valence-corrected chi connectivity index (χ4v) is 8.56. The van der Waals surface area contributed by atoms with Gasteiger partial charge in [0, 0.05) is 13.1 Å². The molecule has 0 bridgehead atoms. The first-order valence-electron chi connectivity index (χ1n) is 22.4. The predicted molar refractivity (Wildman–Crippen MR) is 243 cm³/mol. The maximum atomic E-state index is 14.0. The molecule has 62 heavy (non-hydrogen) atoms. The van der Waals surface area contributed by atoms with Crippen molar-refractivity contribution in [2.75, 3.05) is 19.7 Å². The second-order valence-electron chi connectivity index (χ2n) is 15.6. The van der Waals surface area contributed by atoms with Gasteiger partial charge >= 0.3 is 23.9 Å². The molecule has 5 rings (SSSR count). The number of unbranched alkanes of at least 4 members (excludes halogenated alkanes) is 11. The molecule has 11 heteroatoms. The maximum Gasteiger partial charge on any atom is 0.338 e. The summed E-state index contributed by atoms with van der Waals surface area (Å²) >= 11 is 1.42. The lowest BCUT2D eigenvalue weighted by atomic mass is 10.1. The van der Waals surface area contributed by atoms with Crippen LogP contribution < -0.4 is 0 Å². The molecule has 1 aliphatic rings. The molecule has 0 N–H and O–H groups in total. The Labute approximate surface area is 372 Å². The Morgan fingerprint density at radius 3 is 1.35 bits per heavy atom. The van der Waals surface area contributed by atoms with E-state index in [1.54, 1.807) is 121 Å². The Morgan fingerprint density at radius 2 is 0.903 bits per heavy atom. The molecule has 1 unspecified atom stereocenters. The third kappa shape index (κ3) is 15.7. The third-order valence-corrected chi connectivity index (χ3v) is 12.0. The van der Waals surface area contributed by atoms with E-state index in [0.29, 0.717) is 11.1 Å². The summed E-state index contributed by atoms with van der Waals surface area (Å²) in [7, 11) is 0. The van der Waals surface area contributed by atoms with Crippen molar-refractivity contribution in [3.05, 3.63) is 144 Å². The van der Waals surface area contributed by atoms with Gasteiger partial charge < -0.3 is 23.7 Å². The first-order chi connectivity index (χ1) is 30.4. The standard InChI is InChI=1S/C51H63NO9S/c1-3-5-7-9-11-13-27-37-52(36-26-12-10-8-6-4-2)62-51-46(60-50(56)42-34-24-17-25-35-42)45(59-49(55)41-32-22-16-23-33-41)44(61-51)43(58-48(54)40-30-20-15-21-31-40)38-57-47(53)39-28-18-14-19-29-39/h14-25,28-35,43-46,51H,3-13,26-27,36-38H2,1-2H3/t43-,44+,45+,46-,51?/m1/s1. The summed E-state index contributed by atoms with van der Waals surface area (Å²) in [6.07, 6.45) is 9.91. The monoisotopic (exact) mass is 865 g/mol. The molecule has 1 saturated heterocycles. The summed E-state index contributed by atoms with van der Waals surface area (Å²) in [5.74, 6) is -2.65. The zero-order valence-corrected chi connectivity index (χ0v) is 37.1. The second kappa shape index (κ2) is 27.2. The molecule has 0 aromatic heterocycles. The fraction of sp³-hybridized carbons (Fsp3) is 0.451. The smallest absolute Gasteiger partial charge is 0.338 e. The molecule has 0 radical (unpaired) electrons. The van der Waals surface area contributed by atoms with E-state index in [1.807, 2.05) is 0 Å². The summed E-state index contributed by atoms with van der Waals surface area (Å²) in [4.78, 5) is 55.1. The van der Waals surface area contributed by atoms with E-state index in [9.17, 15) is 19.2 Å². The number of carbonyl (C=O) groups excluding carboxylic acids is 4. The number of carbonyl (C=O) groups is 4. The van der Waals surface area contributed by atoms with Crippen molar-refractivity contribution in [2.24, 2.45) is 0 Å². The molecule has 1 aliphatic heterocycles. The van der Waals surface area contributed by atoms with Crippen LogP contribution in [0.5, 0.6) is 0 Å². The van der Waals surface area contributed by atoms with Crippen LogP contribution in [-0.2, 0) is 23.7 Å². The van der Waals surface area contributed by atoms with Gasteiger partial charge in [0.15, 0.2) is 23.7 Å². The van der Waals surface area contributed by atoms with E-state index in [2.05, 4.69) is 18.2 Å². The second-order valence-corrected chi connectivity index (χ2v) is 16.8. The van der Waals surface area contributed by atoms with Gasteiger partial charge in [0.05, 0.1) is 22.3 Å². The first-order valence-corrected chi connectivity index (χ1v) is 23.3. The third-order valence-electron chi connectivity index (χ3n) is 10.8. The van der Waals surface area contributed by atoms with Crippen LogP contribution in [0.4, 0.5) is 0 Å². The molecule has 4 aromatic carbocycles. The molecule has 0 aliphatic carbocycles. The van der Waals surface area contributed by atoms with Crippen molar-refractivity contribution in [1.82, 2.24) is 4.31 Å². The van der Waals surface area contributed by atoms with Crippen LogP contribution in [0.15, 0.2) is 121 Å². The molecule has 1 heterocycles. The van der Waals surface area contributed by atoms with Crippen molar-refractivity contribution in [2.45, 2.75) is 127 Å². The summed E-state index contributed by atoms with van der Waals surface area (Å²) < 4.78 is 33.7. The van der Waals surface area contributed by atoms with Gasteiger partial charge in [0.1, 0.15) is 12.7 Å². The number of hydrogen-bond donors (Lipinski definition) is 0. The van der Waals surface area contributed by atoms with Crippen molar-refractivity contribution < 1.29 is 42.9 Å². The van der Waals surface area contributed by atoms with Gasteiger partial charge in [0.25, 0.3) is 0 Å². The van der Waals surface area contributed by atoms with E-state index >= 15 is 0 Å². The van der Waals surface area contributed by atoms with Crippen LogP contribution in [0.3, 0.4) is 0 Å². The molecule has 0 amide bonds. The molecular formula is C51H63NO9S. The average molecular weight is 866 g/mol. The fourth-order valence-electron chi connectivity index (χ4n) is 7.29. The summed E-state index contributed by atoms with van der Waals surface area (Å²) in [5.41, 5.74) is 0.254. The summed E-state index contributed by atoms with van der Waals surface area (Å²) in [5, 5.41) is 0. The largest absolute Gasteiger partial charge is 0.458 e. The lowest BCUT2D eigenvalue weighted by molar-refractivity contribution is -0.0900. The van der Waals surface area contributed by atoms with Crippen molar-refractivity contribution >= 4 is 35.8 Å². The minimum atomic E-state index is -1.29. The van der Waals surface area contributed by atoms with Crippen LogP contribution in [0.25, 0.3) is 0 Å². The average Bonchev–Trinajstić information content (AvgIpc) is 3.63. The normalized spacial score (nSPS) is 17.6. The number of rotatable bonds is 27. The first kappa shape index (κ1) is 48.1. The topological polar surface area (TPSA) is 118 Å². The van der Waals surface area contributed by atoms with Gasteiger partial charge in [-0.05, 0) is 73.3 Å². The van der Waals surface area contributed by atoms with E-state index in [4.69, 9.17) is 23.7 Å². The molecule has 1 fully saturated rings. The summed E-state index contributed by atoms with van der Waals surface area (Å²) in [6.45, 7) is 5.53. The minimum absolute atomic E-state index is 0.264. The molecule has 10 nitrogen and oxygen atoms in total. The zero-order valence-electron chi connectivity index (χ0n) is 36.3. The maximum absolute atomic E-state index is 14.0. The quantitative estimate of drug-likeness (QED) is 0.0247. The minimum Gasteiger partial charge on any atom is -0.458 e. The van der Waals surface area contributed by atoms with Crippen molar-refractivity contribution in [1.29, 1.82) is 0 Å². The van der Waals surface area contributed by atoms with E-state index in [0.717, 1.165) is 51.6 Å². The van der Waals surface area contributed by atoms with Crippen molar-refractivity contribution in [3.63, 3.8) is 0 Å². The Morgan fingerprint density at radius 1 is 0.516 bits per heavy atom. The number of esters is 4. The molecule has 4 aromatic rings. The van der Waals surface area contributed by atoms with Gasteiger partial charge in [-0.1, -0.05) is 157 Å². The predicted octanol–water partition coefficient (Wildman–Crippen LogP) is 11.3. The van der Waals surface area contributed by atoms with Crippen LogP contribution in [0.1, 0.15) is 139 Å². The highest BCUT2D eigenvalue weighted by Crippen LogP contribution is 2.39. The number of benzene rings is 4. The SMILES string of the molecule is CCCCCCCCCN(CCCCCCCC)SC1O[C@@H]([C@@H](COC(=O)c2ccccc2)OC(=O)c2ccccc2)[C@H](OC(=O)c2ccccc2)[C@H]1OC(=O)c1ccccc1. The number of hydrogen-bond acceptors (Lipinski definition) is 11. The van der Waals surface area contributed by atoms with E-state index in [1.165, 1.54) is 56.9 Å². The highest BCUT2D eigenvalue weighted by Gasteiger charge is 2.55. The Bertz CT molecular complexity index is 1900. The van der Waals surface area contributed by atoms with Crippen molar-refractivity contribution in [3.8, 4) is 0 Å². The van der Waals surface area contributed by atoms with Crippen LogP contribution in [0.2, 0.25) is 0 Å². The Kier molecular flexibility index (Phi) is 21.1. The van der Waals surface area contributed by atoms with Gasteiger partial charge in [-0.25, -0.2) is 23.5 Å². The lowest BCUT2D eigenvalue weighted by Gasteiger charge is -2.29. The molecule has 5 atom stereocenters. The molecule has 332 valence electrons. The van der Waals surface area contributed by atoms with E-state index < -0.39 is 60.3 Å². The van der Waals surface area contributed by atoms with Gasteiger partial charge in [0.2, 0.25) is 0 Å². The van der Waals surface area contributed by atoms with Gasteiger partial charge in [-0.2, -0.15) is 0 Å². The van der Waals surface area contributed by atoms with Crippen LogP contribution in [0, 0.1) is 0 Å². The number of nitrogens with zero attached hydrogens (tertiary/aromatic N) is 1. The number of ether oxygens (including phenoxy) is 5. The van der Waals surface area contributed by atoms with Gasteiger partial charge in [-0.3, -0.25) is 0 Å². The highest BCUT2D eigenvalue weighted by atomic mass is 32.2. The zero-order chi connectivity index (χ0) is 43.8. The van der Waals surface area contributed by atoms with Gasteiger partial charge in [-0.15, -0.1) is 0 Å². The van der Waals surface area contributed by atoms with E-state index in [-0.39, 0.29) is 11.1 Å². The summed E-state index contributed by atoms with van der Waals surface area (Å²) in [6, 6.07) is 34.0. The Hall–Kier alpha value is -4.97. The Balaban J connectivity index is 1.49. The lowest BCUT2D eigenvalue weighted by Crippen LogP contribution is -2.47. The van der Waals surface area contributed by atoms with Crippen LogP contribution in [-0.4, -0.2) is 77.7 Å². The molecule has 0 saturated carbocycles. The highest BCUT2D eigenvalue weighted by molar-refractivity contribution is 7.97. The van der Waals surface area contributed by atoms with Crippen LogP contribution >= 0.6 is 11.9 Å². The molecule has 0 spiro atoms.